The molecule has 0 spiro atoms. The number of thioether (sulfide) groups is 1. The number of hydrogen-bond donors (Lipinski definition) is 1. The van der Waals surface area contributed by atoms with E-state index in [4.69, 9.17) is 0 Å². The van der Waals surface area contributed by atoms with Crippen LogP contribution in [0.1, 0.15) is 19.7 Å². The number of aromatic nitrogens is 2. The van der Waals surface area contributed by atoms with E-state index in [0.717, 1.165) is 17.3 Å². The molecule has 0 radical (unpaired) electrons. The van der Waals surface area contributed by atoms with E-state index in [9.17, 15) is 4.79 Å². The van der Waals surface area contributed by atoms with E-state index in [1.54, 1.807) is 18.0 Å². The maximum Gasteiger partial charge on any atom is 0.264 e. The Labute approximate surface area is 101 Å². The third kappa shape index (κ3) is 4.00. The van der Waals surface area contributed by atoms with Gasteiger partial charge in [0.25, 0.3) is 5.56 Å². The van der Waals surface area contributed by atoms with Crippen molar-refractivity contribution in [2.24, 2.45) is 5.92 Å². The molecule has 1 N–H and O–H groups in total. The minimum Gasteiger partial charge on any atom is -0.309 e. The molecular formula is C9H13IN2OS. The lowest BCUT2D eigenvalue weighted by atomic mass is 10.3. The average Bonchev–Trinajstić information content (AvgIpc) is 2.10. The second-order valence-electron chi connectivity index (χ2n) is 3.42. The van der Waals surface area contributed by atoms with Crippen molar-refractivity contribution in [3.63, 3.8) is 0 Å². The Morgan fingerprint density at radius 1 is 1.64 bits per heavy atom. The molecular weight excluding hydrogens is 311 g/mol. The summed E-state index contributed by atoms with van der Waals surface area (Å²) in [6, 6.07) is 0. The Morgan fingerprint density at radius 3 is 2.93 bits per heavy atom. The molecule has 1 aromatic rings. The third-order valence-electron chi connectivity index (χ3n) is 1.50. The Hall–Kier alpha value is -0.0400. The van der Waals surface area contributed by atoms with Crippen LogP contribution in [0.2, 0.25) is 0 Å². The van der Waals surface area contributed by atoms with Crippen LogP contribution in [0.3, 0.4) is 0 Å². The minimum atomic E-state index is -0.0410. The van der Waals surface area contributed by atoms with Crippen LogP contribution in [0.4, 0.5) is 0 Å². The fourth-order valence-corrected chi connectivity index (χ4v) is 2.08. The van der Waals surface area contributed by atoms with Gasteiger partial charge in [-0.25, -0.2) is 4.98 Å². The first-order valence-corrected chi connectivity index (χ1v) is 6.64. The van der Waals surface area contributed by atoms with E-state index >= 15 is 0 Å². The molecule has 0 aliphatic carbocycles. The molecule has 1 heterocycles. The highest BCUT2D eigenvalue weighted by atomic mass is 127. The largest absolute Gasteiger partial charge is 0.309 e. The predicted molar refractivity (Wildman–Crippen MR) is 68.6 cm³/mol. The number of H-pyrrole nitrogens is 1. The van der Waals surface area contributed by atoms with Crippen molar-refractivity contribution in [1.29, 1.82) is 0 Å². The summed E-state index contributed by atoms with van der Waals surface area (Å²) in [7, 11) is 0. The van der Waals surface area contributed by atoms with Crippen molar-refractivity contribution in [2.75, 3.05) is 5.75 Å². The van der Waals surface area contributed by atoms with Crippen molar-refractivity contribution in [2.45, 2.75) is 19.6 Å². The standard InChI is InChI=1S/C9H13IN2OS/c1-6(2)4-14-5-8-11-3-7(10)9(13)12-8/h3,6H,4-5H2,1-2H3,(H,11,12,13). The van der Waals surface area contributed by atoms with Gasteiger partial charge in [-0.3, -0.25) is 4.79 Å². The molecule has 0 fully saturated rings. The highest BCUT2D eigenvalue weighted by Gasteiger charge is 2.00. The predicted octanol–water partition coefficient (Wildman–Crippen LogP) is 2.26. The molecule has 0 aromatic carbocycles. The number of halogens is 1. The molecule has 5 heteroatoms. The highest BCUT2D eigenvalue weighted by Crippen LogP contribution is 2.11. The first-order valence-electron chi connectivity index (χ1n) is 4.41. The molecule has 0 saturated heterocycles. The lowest BCUT2D eigenvalue weighted by Gasteiger charge is -2.03. The summed E-state index contributed by atoms with van der Waals surface area (Å²) in [6.07, 6.45) is 1.62. The Bertz CT molecular complexity index is 351. The van der Waals surface area contributed by atoms with Crippen molar-refractivity contribution in [1.82, 2.24) is 9.97 Å². The molecule has 0 aliphatic heterocycles. The summed E-state index contributed by atoms with van der Waals surface area (Å²) in [5, 5.41) is 0. The molecule has 0 bridgehead atoms. The number of hydrogen-bond acceptors (Lipinski definition) is 3. The van der Waals surface area contributed by atoms with Crippen LogP contribution >= 0.6 is 34.4 Å². The summed E-state index contributed by atoms with van der Waals surface area (Å²) in [5.74, 6) is 3.32. The van der Waals surface area contributed by atoms with Gasteiger partial charge >= 0.3 is 0 Å². The summed E-state index contributed by atoms with van der Waals surface area (Å²) in [6.45, 7) is 4.36. The zero-order valence-electron chi connectivity index (χ0n) is 8.21. The third-order valence-corrected chi connectivity index (χ3v) is 3.65. The molecule has 1 rings (SSSR count). The van der Waals surface area contributed by atoms with Gasteiger partial charge in [-0.05, 0) is 34.3 Å². The number of nitrogens with one attached hydrogen (secondary N) is 1. The van der Waals surface area contributed by atoms with Gasteiger partial charge in [-0.15, -0.1) is 0 Å². The van der Waals surface area contributed by atoms with E-state index in [2.05, 4.69) is 23.8 Å². The van der Waals surface area contributed by atoms with Crippen molar-refractivity contribution in [3.05, 3.63) is 25.9 Å². The van der Waals surface area contributed by atoms with Gasteiger partial charge in [0.1, 0.15) is 5.82 Å². The monoisotopic (exact) mass is 324 g/mol. The van der Waals surface area contributed by atoms with Crippen LogP contribution in [0.5, 0.6) is 0 Å². The maximum absolute atomic E-state index is 11.2. The van der Waals surface area contributed by atoms with Crippen LogP contribution in [0.15, 0.2) is 11.0 Å². The van der Waals surface area contributed by atoms with Gasteiger partial charge in [0.05, 0.1) is 9.32 Å². The van der Waals surface area contributed by atoms with Gasteiger partial charge in [-0.1, -0.05) is 13.8 Å². The molecule has 14 heavy (non-hydrogen) atoms. The smallest absolute Gasteiger partial charge is 0.264 e. The van der Waals surface area contributed by atoms with E-state index in [1.165, 1.54) is 0 Å². The van der Waals surface area contributed by atoms with Gasteiger partial charge < -0.3 is 4.98 Å². The molecule has 0 unspecified atom stereocenters. The quantitative estimate of drug-likeness (QED) is 0.864. The second-order valence-corrected chi connectivity index (χ2v) is 5.61. The van der Waals surface area contributed by atoms with E-state index < -0.39 is 0 Å². The lowest BCUT2D eigenvalue weighted by Crippen LogP contribution is -2.13. The average molecular weight is 324 g/mol. The summed E-state index contributed by atoms with van der Waals surface area (Å²) in [4.78, 5) is 18.1. The van der Waals surface area contributed by atoms with E-state index in [0.29, 0.717) is 9.49 Å². The second kappa shape index (κ2) is 5.75. The summed E-state index contributed by atoms with van der Waals surface area (Å²) < 4.78 is 0.639. The van der Waals surface area contributed by atoms with Crippen molar-refractivity contribution in [3.8, 4) is 0 Å². The highest BCUT2D eigenvalue weighted by molar-refractivity contribution is 14.1. The topological polar surface area (TPSA) is 45.8 Å². The zero-order valence-corrected chi connectivity index (χ0v) is 11.2. The number of aromatic amines is 1. The fourth-order valence-electron chi connectivity index (χ4n) is 0.881. The number of rotatable bonds is 4. The maximum atomic E-state index is 11.2. The molecule has 0 atom stereocenters. The molecule has 3 nitrogen and oxygen atoms in total. The van der Waals surface area contributed by atoms with Gasteiger partial charge in [0.15, 0.2) is 0 Å². The first-order chi connectivity index (χ1) is 6.59. The van der Waals surface area contributed by atoms with E-state index in [-0.39, 0.29) is 5.56 Å². The van der Waals surface area contributed by atoms with E-state index in [1.807, 2.05) is 22.6 Å². The fraction of sp³-hybridized carbons (Fsp3) is 0.556. The first kappa shape index (κ1) is 12.0. The van der Waals surface area contributed by atoms with Gasteiger partial charge in [0.2, 0.25) is 0 Å². The van der Waals surface area contributed by atoms with Crippen molar-refractivity contribution >= 4 is 34.4 Å². The molecule has 0 saturated carbocycles. The SMILES string of the molecule is CC(C)CSCc1ncc(I)c(=O)[nH]1. The lowest BCUT2D eigenvalue weighted by molar-refractivity contribution is 0.749. The molecule has 78 valence electrons. The molecule has 0 aliphatic rings. The van der Waals surface area contributed by atoms with Crippen LogP contribution in [-0.4, -0.2) is 15.7 Å². The van der Waals surface area contributed by atoms with Crippen LogP contribution in [-0.2, 0) is 5.75 Å². The summed E-state index contributed by atoms with van der Waals surface area (Å²) in [5.41, 5.74) is -0.0410. The minimum absolute atomic E-state index is 0.0410. The summed E-state index contributed by atoms with van der Waals surface area (Å²) >= 11 is 3.77. The van der Waals surface area contributed by atoms with Crippen LogP contribution < -0.4 is 5.56 Å². The molecule has 0 amide bonds. The molecule has 1 aromatic heterocycles. The Kier molecular flexibility index (Phi) is 4.94. The zero-order chi connectivity index (χ0) is 10.6. The van der Waals surface area contributed by atoms with Crippen LogP contribution in [0, 0.1) is 9.49 Å². The van der Waals surface area contributed by atoms with Crippen LogP contribution in [0.25, 0.3) is 0 Å². The normalized spacial score (nSPS) is 10.9. The van der Waals surface area contributed by atoms with Gasteiger partial charge in [0, 0.05) is 6.20 Å². The number of nitrogens with zero attached hydrogens (tertiary/aromatic N) is 1. The Balaban J connectivity index is 2.52. The van der Waals surface area contributed by atoms with Crippen molar-refractivity contribution < 1.29 is 0 Å². The Morgan fingerprint density at radius 2 is 2.36 bits per heavy atom. The van der Waals surface area contributed by atoms with Gasteiger partial charge in [-0.2, -0.15) is 11.8 Å².